The van der Waals surface area contributed by atoms with Gasteiger partial charge in [0.15, 0.2) is 0 Å². The number of thiol groups is 1. The van der Waals surface area contributed by atoms with Crippen molar-refractivity contribution < 1.29 is 24.2 Å². The fraction of sp³-hybridized carbons (Fsp3) is 0.679. The fourth-order valence-electron chi connectivity index (χ4n) is 5.95. The van der Waals surface area contributed by atoms with Crippen molar-refractivity contribution in [1.29, 1.82) is 0 Å². The van der Waals surface area contributed by atoms with Gasteiger partial charge in [-0.3, -0.25) is 14.6 Å². The molecule has 7 heteroatoms. The molecule has 2 aliphatic heterocycles. The van der Waals surface area contributed by atoms with Gasteiger partial charge >= 0.3 is 5.97 Å². The van der Waals surface area contributed by atoms with Gasteiger partial charge in [-0.2, -0.15) is 12.6 Å². The van der Waals surface area contributed by atoms with Gasteiger partial charge in [0.05, 0.1) is 35.3 Å². The van der Waals surface area contributed by atoms with Gasteiger partial charge in [-0.25, -0.2) is 0 Å². The number of Topliss-reactive ketones (excluding diaryl/α,β-unsaturated/α-hetero) is 1. The number of nitrogens with zero attached hydrogens (tertiary/aromatic N) is 1. The smallest absolute Gasteiger partial charge is 0.309 e. The predicted molar refractivity (Wildman–Crippen MR) is 138 cm³/mol. The number of hydrogen-bond donors (Lipinski definition) is 2. The lowest BCUT2D eigenvalue weighted by molar-refractivity contribution is -0.156. The molecule has 0 amide bonds. The van der Waals surface area contributed by atoms with Crippen LogP contribution in [0, 0.1) is 24.2 Å². The fourth-order valence-corrected chi connectivity index (χ4v) is 6.34. The van der Waals surface area contributed by atoms with Gasteiger partial charge < -0.3 is 14.6 Å². The highest BCUT2D eigenvalue weighted by Crippen LogP contribution is 2.49. The molecule has 1 aromatic rings. The van der Waals surface area contributed by atoms with Crippen molar-refractivity contribution in [3.05, 3.63) is 35.2 Å². The van der Waals surface area contributed by atoms with Gasteiger partial charge in [-0.15, -0.1) is 0 Å². The van der Waals surface area contributed by atoms with E-state index in [1.807, 2.05) is 45.2 Å². The molecule has 2 saturated heterocycles. The second-order valence-electron chi connectivity index (χ2n) is 11.4. The van der Waals surface area contributed by atoms with E-state index in [0.29, 0.717) is 12.8 Å². The number of hydrogen-bond acceptors (Lipinski definition) is 7. The maximum atomic E-state index is 13.2. The Kier molecular flexibility index (Phi) is 7.52. The summed E-state index contributed by atoms with van der Waals surface area (Å²) in [4.78, 5) is 30.7. The Balaban J connectivity index is 1.59. The van der Waals surface area contributed by atoms with Gasteiger partial charge in [0.25, 0.3) is 0 Å². The molecular formula is C28H39NO5S. The Bertz CT molecular complexity index is 994. The number of epoxide rings is 1. The standard InChI is InChI=1S/C28H39NO5S/c1-16-8-9-20(29-15-16)11-17(2)21-12-23-28(5,34-23)10-6-7-19-14-27(4,22(30)13-24(31)33-21)26(32)18(3)25(19)35/h8-9,11,15,18-19,21-23,25,30,35H,6-7,10,12-14H2,1-5H3/b17-11+/t18-,19-,21+,22+,23?,25?,27-,28-/m1/s1. The molecule has 2 unspecified atom stereocenters. The summed E-state index contributed by atoms with van der Waals surface area (Å²) in [5.41, 5.74) is 1.53. The number of pyridine rings is 1. The lowest BCUT2D eigenvalue weighted by Gasteiger charge is -2.45. The number of carbonyl (C=O) groups excluding carboxylic acids is 2. The first-order valence-corrected chi connectivity index (χ1v) is 13.3. The molecule has 1 aromatic heterocycles. The van der Waals surface area contributed by atoms with E-state index in [1.165, 1.54) is 0 Å². The molecule has 0 spiro atoms. The zero-order valence-corrected chi connectivity index (χ0v) is 22.4. The lowest BCUT2D eigenvalue weighted by atomic mass is 9.61. The molecule has 0 aromatic carbocycles. The number of ether oxygens (including phenoxy) is 2. The van der Waals surface area contributed by atoms with Crippen LogP contribution in [0.1, 0.15) is 77.5 Å². The minimum Gasteiger partial charge on any atom is -0.458 e. The van der Waals surface area contributed by atoms with E-state index in [4.69, 9.17) is 22.1 Å². The zero-order valence-electron chi connectivity index (χ0n) is 21.5. The SMILES string of the molecule is C/C(=C\c1ccc(C)cn1)[C@@H]1CC2O[C@]2(C)CCC[C@@H]2C[C@@](C)(C(=O)[C@H](C)C2S)[C@@H](O)CC(=O)O1. The maximum absolute atomic E-state index is 13.2. The van der Waals surface area contributed by atoms with E-state index in [2.05, 4.69) is 11.9 Å². The van der Waals surface area contributed by atoms with Crippen molar-refractivity contribution in [1.82, 2.24) is 4.98 Å². The summed E-state index contributed by atoms with van der Waals surface area (Å²) in [7, 11) is 0. The number of cyclic esters (lactones) is 1. The summed E-state index contributed by atoms with van der Waals surface area (Å²) < 4.78 is 12.0. The second-order valence-corrected chi connectivity index (χ2v) is 12.0. The molecular weight excluding hydrogens is 462 g/mol. The molecule has 2 bridgehead atoms. The van der Waals surface area contributed by atoms with Crippen LogP contribution in [-0.2, 0) is 19.1 Å². The first kappa shape index (κ1) is 26.4. The number of esters is 1. The second kappa shape index (κ2) is 9.98. The molecule has 192 valence electrons. The number of ketones is 1. The topological polar surface area (TPSA) is 89.0 Å². The van der Waals surface area contributed by atoms with E-state index in [1.54, 1.807) is 6.92 Å². The normalized spacial score (nSPS) is 40.9. The van der Waals surface area contributed by atoms with E-state index < -0.39 is 23.6 Å². The van der Waals surface area contributed by atoms with Crippen LogP contribution in [0.15, 0.2) is 23.9 Å². The van der Waals surface area contributed by atoms with Crippen LogP contribution in [0.2, 0.25) is 0 Å². The molecule has 3 fully saturated rings. The Morgan fingerprint density at radius 3 is 2.71 bits per heavy atom. The van der Waals surface area contributed by atoms with E-state index in [9.17, 15) is 14.7 Å². The minimum atomic E-state index is -1.10. The molecule has 3 aliphatic rings. The number of aryl methyl sites for hydroxylation is 1. The van der Waals surface area contributed by atoms with Crippen LogP contribution >= 0.6 is 12.6 Å². The van der Waals surface area contributed by atoms with E-state index in [-0.39, 0.29) is 41.0 Å². The summed E-state index contributed by atoms with van der Waals surface area (Å²) >= 11 is 4.78. The molecule has 1 aliphatic carbocycles. The molecule has 6 nitrogen and oxygen atoms in total. The largest absolute Gasteiger partial charge is 0.458 e. The van der Waals surface area contributed by atoms with Crippen molar-refractivity contribution in [3.8, 4) is 0 Å². The summed E-state index contributed by atoms with van der Waals surface area (Å²) in [5, 5.41) is 11.1. The first-order chi connectivity index (χ1) is 16.4. The number of carbonyl (C=O) groups is 2. The highest BCUT2D eigenvalue weighted by atomic mass is 32.1. The minimum absolute atomic E-state index is 0.00594. The highest BCUT2D eigenvalue weighted by molar-refractivity contribution is 7.81. The Morgan fingerprint density at radius 1 is 1.29 bits per heavy atom. The molecule has 4 rings (SSSR count). The van der Waals surface area contributed by atoms with Gasteiger partial charge in [-0.1, -0.05) is 26.3 Å². The third kappa shape index (κ3) is 5.52. The van der Waals surface area contributed by atoms with Gasteiger partial charge in [-0.05, 0) is 69.2 Å². The molecule has 3 heterocycles. The monoisotopic (exact) mass is 501 g/mol. The third-order valence-electron chi connectivity index (χ3n) is 8.56. The summed E-state index contributed by atoms with van der Waals surface area (Å²) in [6.07, 6.45) is 5.82. The molecule has 0 radical (unpaired) electrons. The Hall–Kier alpha value is -1.70. The Labute approximate surface area is 214 Å². The summed E-state index contributed by atoms with van der Waals surface area (Å²) in [6, 6.07) is 3.93. The van der Waals surface area contributed by atoms with Gasteiger partial charge in [0, 0.05) is 23.8 Å². The predicted octanol–water partition coefficient (Wildman–Crippen LogP) is 4.72. The van der Waals surface area contributed by atoms with Crippen molar-refractivity contribution in [2.45, 2.75) is 102 Å². The van der Waals surface area contributed by atoms with Gasteiger partial charge in [0.2, 0.25) is 0 Å². The summed E-state index contributed by atoms with van der Waals surface area (Å²) in [6.45, 7) is 9.74. The molecule has 35 heavy (non-hydrogen) atoms. The van der Waals surface area contributed by atoms with Crippen LogP contribution in [0.4, 0.5) is 0 Å². The maximum Gasteiger partial charge on any atom is 0.309 e. The van der Waals surface area contributed by atoms with Crippen LogP contribution in [0.3, 0.4) is 0 Å². The van der Waals surface area contributed by atoms with Crippen LogP contribution in [-0.4, -0.2) is 51.0 Å². The lowest BCUT2D eigenvalue weighted by Crippen LogP contribution is -2.52. The average Bonchev–Trinajstić information content (AvgIpc) is 3.44. The molecule has 1 N–H and O–H groups in total. The number of aliphatic hydroxyl groups excluding tert-OH is 1. The third-order valence-corrected chi connectivity index (χ3v) is 9.43. The van der Waals surface area contributed by atoms with E-state index >= 15 is 0 Å². The van der Waals surface area contributed by atoms with Crippen molar-refractivity contribution in [3.63, 3.8) is 0 Å². The number of aliphatic hydroxyl groups is 1. The van der Waals surface area contributed by atoms with Crippen molar-refractivity contribution >= 4 is 30.5 Å². The van der Waals surface area contributed by atoms with Gasteiger partial charge in [0.1, 0.15) is 11.9 Å². The van der Waals surface area contributed by atoms with Crippen LogP contribution < -0.4 is 0 Å². The average molecular weight is 502 g/mol. The number of aromatic nitrogens is 1. The van der Waals surface area contributed by atoms with Crippen LogP contribution in [0.5, 0.6) is 0 Å². The first-order valence-electron chi connectivity index (χ1n) is 12.8. The summed E-state index contributed by atoms with van der Waals surface area (Å²) in [5.74, 6) is -0.596. The zero-order chi connectivity index (χ0) is 25.5. The number of fused-ring (bicyclic) bond motifs is 3. The van der Waals surface area contributed by atoms with E-state index in [0.717, 1.165) is 36.1 Å². The van der Waals surface area contributed by atoms with Crippen molar-refractivity contribution in [2.75, 3.05) is 0 Å². The molecule has 1 saturated carbocycles. The van der Waals surface area contributed by atoms with Crippen LogP contribution in [0.25, 0.3) is 6.08 Å². The molecule has 8 atom stereocenters. The number of rotatable bonds is 2. The Morgan fingerprint density at radius 2 is 2.03 bits per heavy atom. The van der Waals surface area contributed by atoms with Crippen molar-refractivity contribution in [2.24, 2.45) is 17.3 Å². The quantitative estimate of drug-likeness (QED) is 0.346. The highest BCUT2D eigenvalue weighted by Gasteiger charge is 2.54.